The average molecular weight is 392 g/mol. The Kier molecular flexibility index (Phi) is 5.23. The Labute approximate surface area is 159 Å². The van der Waals surface area contributed by atoms with Gasteiger partial charge in [0.25, 0.3) is 11.8 Å². The number of rotatable bonds is 4. The molecule has 1 aliphatic heterocycles. The van der Waals surface area contributed by atoms with Gasteiger partial charge in [-0.15, -0.1) is 0 Å². The molecule has 0 aliphatic carbocycles. The Bertz CT molecular complexity index is 913. The summed E-state index contributed by atoms with van der Waals surface area (Å²) < 4.78 is 41.6. The van der Waals surface area contributed by atoms with Crippen LogP contribution in [0.5, 0.6) is 0 Å². The molecule has 1 amide bonds. The highest BCUT2D eigenvalue weighted by Crippen LogP contribution is 2.31. The van der Waals surface area contributed by atoms with Gasteiger partial charge in [0.2, 0.25) is 0 Å². The second-order valence-electron chi connectivity index (χ2n) is 6.44. The van der Waals surface area contributed by atoms with E-state index in [2.05, 4.69) is 9.97 Å². The van der Waals surface area contributed by atoms with E-state index in [0.29, 0.717) is 24.1 Å². The van der Waals surface area contributed by atoms with E-state index in [1.165, 1.54) is 40.6 Å². The maximum absolute atomic E-state index is 14.5. The fraction of sp³-hybridized carbons (Fsp3) is 0.278. The highest BCUT2D eigenvalue weighted by atomic mass is 19.3. The van der Waals surface area contributed by atoms with Gasteiger partial charge in [0.1, 0.15) is 5.82 Å². The summed E-state index contributed by atoms with van der Waals surface area (Å²) in [6.45, 7) is 0.749. The number of benzene rings is 1. The number of hydrogen-bond donors (Lipinski definition) is 2. The molecule has 148 valence electrons. The first kappa shape index (κ1) is 19.6. The van der Waals surface area contributed by atoms with Crippen molar-refractivity contribution < 1.29 is 18.0 Å². The number of amides is 1. The summed E-state index contributed by atoms with van der Waals surface area (Å²) in [5.74, 6) is 1.07. The van der Waals surface area contributed by atoms with Crippen LogP contribution in [0.3, 0.4) is 0 Å². The van der Waals surface area contributed by atoms with E-state index in [4.69, 9.17) is 11.6 Å². The monoisotopic (exact) mass is 392 g/mol. The lowest BCUT2D eigenvalue weighted by atomic mass is 10.0. The van der Waals surface area contributed by atoms with Gasteiger partial charge < -0.3 is 10.6 Å². The molecule has 0 unspecified atom stereocenters. The molecule has 10 heteroatoms. The van der Waals surface area contributed by atoms with Crippen molar-refractivity contribution in [3.05, 3.63) is 65.1 Å². The summed E-state index contributed by atoms with van der Waals surface area (Å²) in [6.07, 6.45) is 4.72. The Balaban J connectivity index is 1.83. The molecule has 4 N–H and O–H groups in total. The number of nitrogens with zero attached hydrogens (tertiary/aromatic N) is 4. The molecule has 0 atom stereocenters. The highest BCUT2D eigenvalue weighted by molar-refractivity contribution is 5.95. The van der Waals surface area contributed by atoms with E-state index in [1.807, 2.05) is 0 Å². The van der Waals surface area contributed by atoms with Gasteiger partial charge in [-0.1, -0.05) is 12.1 Å². The molecular weight excluding hydrogens is 373 g/mol. The number of nitrogens with two attached hydrogens (primary N) is 2. The van der Waals surface area contributed by atoms with E-state index < -0.39 is 28.8 Å². The summed E-state index contributed by atoms with van der Waals surface area (Å²) in [5.41, 5.74) is 5.67. The minimum absolute atomic E-state index is 0.0195. The van der Waals surface area contributed by atoms with E-state index in [1.54, 1.807) is 0 Å². The number of carbonyl (C=O) groups excluding carboxylic acids is 1. The summed E-state index contributed by atoms with van der Waals surface area (Å²) in [6, 6.07) is 3.37. The number of aromatic nitrogens is 2. The van der Waals surface area contributed by atoms with Crippen LogP contribution >= 0.6 is 0 Å². The number of alkyl halides is 2. The molecule has 3 rings (SSSR count). The van der Waals surface area contributed by atoms with Crippen molar-refractivity contribution in [3.63, 3.8) is 0 Å². The molecule has 28 heavy (non-hydrogen) atoms. The van der Waals surface area contributed by atoms with Gasteiger partial charge in [-0.3, -0.25) is 14.8 Å². The first-order chi connectivity index (χ1) is 13.2. The van der Waals surface area contributed by atoms with Crippen LogP contribution in [0.25, 0.3) is 0 Å². The molecule has 2 aromatic rings. The van der Waals surface area contributed by atoms with Crippen molar-refractivity contribution >= 4 is 11.7 Å². The summed E-state index contributed by atoms with van der Waals surface area (Å²) in [7, 11) is 0. The highest BCUT2D eigenvalue weighted by Gasteiger charge is 2.32. The lowest BCUT2D eigenvalue weighted by molar-refractivity contribution is 0.0136. The number of halogens is 3. The fourth-order valence-electron chi connectivity index (χ4n) is 2.99. The molecule has 0 radical (unpaired) electrons. The third-order valence-electron chi connectivity index (χ3n) is 4.43. The fourth-order valence-corrected chi connectivity index (χ4v) is 2.99. The first-order valence-electron chi connectivity index (χ1n) is 8.44. The first-order valence-corrected chi connectivity index (χ1v) is 8.44. The van der Waals surface area contributed by atoms with Crippen molar-refractivity contribution in [2.45, 2.75) is 19.3 Å². The van der Waals surface area contributed by atoms with Crippen LogP contribution in [-0.2, 0) is 5.92 Å². The molecule has 0 fully saturated rings. The minimum atomic E-state index is -3.40. The van der Waals surface area contributed by atoms with Crippen molar-refractivity contribution in [3.8, 4) is 0 Å². The van der Waals surface area contributed by atoms with Gasteiger partial charge in [0.05, 0.1) is 29.6 Å². The SMILES string of the molecule is CC(F)(F)c1cccc(C(=O)N2CCC(N(N)c3cnccn3)=C(N)C2)c1F. The largest absolute Gasteiger partial charge is 0.399 e. The molecule has 0 bridgehead atoms. The van der Waals surface area contributed by atoms with E-state index in [0.717, 1.165) is 6.07 Å². The molecule has 0 saturated carbocycles. The third kappa shape index (κ3) is 3.77. The van der Waals surface area contributed by atoms with Gasteiger partial charge in [0, 0.05) is 38.0 Å². The van der Waals surface area contributed by atoms with Crippen molar-refractivity contribution in [2.75, 3.05) is 18.1 Å². The smallest absolute Gasteiger partial charge is 0.273 e. The summed E-state index contributed by atoms with van der Waals surface area (Å²) >= 11 is 0. The Morgan fingerprint density at radius 2 is 2.07 bits per heavy atom. The lowest BCUT2D eigenvalue weighted by Gasteiger charge is -2.33. The van der Waals surface area contributed by atoms with Gasteiger partial charge in [0.15, 0.2) is 5.82 Å². The Morgan fingerprint density at radius 1 is 1.32 bits per heavy atom. The summed E-state index contributed by atoms with van der Waals surface area (Å²) in [4.78, 5) is 22.0. The average Bonchev–Trinajstić information content (AvgIpc) is 2.67. The second-order valence-corrected chi connectivity index (χ2v) is 6.44. The number of anilines is 1. The maximum atomic E-state index is 14.5. The van der Waals surface area contributed by atoms with Crippen LogP contribution in [0.4, 0.5) is 19.0 Å². The quantitative estimate of drug-likeness (QED) is 0.611. The zero-order valence-corrected chi connectivity index (χ0v) is 15.1. The van der Waals surface area contributed by atoms with Crippen LogP contribution < -0.4 is 16.6 Å². The van der Waals surface area contributed by atoms with E-state index in [9.17, 15) is 18.0 Å². The third-order valence-corrected chi connectivity index (χ3v) is 4.43. The number of hydrazine groups is 1. The topological polar surface area (TPSA) is 101 Å². The van der Waals surface area contributed by atoms with Crippen molar-refractivity contribution in [1.29, 1.82) is 0 Å². The lowest BCUT2D eigenvalue weighted by Crippen LogP contribution is -2.44. The molecule has 1 aliphatic rings. The minimum Gasteiger partial charge on any atom is -0.399 e. The second kappa shape index (κ2) is 7.47. The van der Waals surface area contributed by atoms with Gasteiger partial charge in [-0.25, -0.2) is 24.0 Å². The normalized spacial score (nSPS) is 15.0. The van der Waals surface area contributed by atoms with Crippen molar-refractivity contribution in [2.24, 2.45) is 11.6 Å². The van der Waals surface area contributed by atoms with Gasteiger partial charge >= 0.3 is 0 Å². The molecule has 1 aromatic carbocycles. The van der Waals surface area contributed by atoms with Crippen LogP contribution in [0.15, 0.2) is 48.2 Å². The van der Waals surface area contributed by atoms with Crippen LogP contribution in [-0.4, -0.2) is 33.9 Å². The molecule has 0 saturated heterocycles. The predicted octanol–water partition coefficient (Wildman–Crippen LogP) is 2.12. The zero-order chi connectivity index (χ0) is 20.5. The molecule has 1 aromatic heterocycles. The molecular formula is C18H19F3N6O. The van der Waals surface area contributed by atoms with Crippen LogP contribution in [0.1, 0.15) is 29.3 Å². The van der Waals surface area contributed by atoms with Crippen molar-refractivity contribution in [1.82, 2.24) is 14.9 Å². The van der Waals surface area contributed by atoms with Gasteiger partial charge in [-0.2, -0.15) is 0 Å². The summed E-state index contributed by atoms with van der Waals surface area (Å²) in [5, 5.41) is 1.28. The van der Waals surface area contributed by atoms with Gasteiger partial charge in [-0.05, 0) is 6.07 Å². The number of carbonyl (C=O) groups is 1. The van der Waals surface area contributed by atoms with Crippen LogP contribution in [0, 0.1) is 5.82 Å². The Morgan fingerprint density at radius 3 is 2.68 bits per heavy atom. The molecule has 7 nitrogen and oxygen atoms in total. The Hall–Kier alpha value is -3.14. The zero-order valence-electron chi connectivity index (χ0n) is 15.1. The van der Waals surface area contributed by atoms with E-state index >= 15 is 0 Å². The number of hydrogen-bond acceptors (Lipinski definition) is 6. The van der Waals surface area contributed by atoms with E-state index in [-0.39, 0.29) is 19.5 Å². The van der Waals surface area contributed by atoms with Crippen LogP contribution in [0.2, 0.25) is 0 Å². The maximum Gasteiger partial charge on any atom is 0.273 e. The standard InChI is InChI=1S/C18H19F3N6O/c1-18(20,21)12-4-2-3-11(16(12)19)17(28)26-8-5-14(13(22)10-26)27(23)15-9-24-6-7-25-15/h2-4,6-7,9H,5,8,10,22-23H2,1H3. The molecule has 0 spiro atoms. The molecule has 2 heterocycles. The predicted molar refractivity (Wildman–Crippen MR) is 96.4 cm³/mol.